The molecule has 0 bridgehead atoms. The van der Waals surface area contributed by atoms with Gasteiger partial charge in [0.15, 0.2) is 5.82 Å². The average molecular weight is 318 g/mol. The van der Waals surface area contributed by atoms with Gasteiger partial charge in [-0.3, -0.25) is 9.59 Å². The lowest BCUT2D eigenvalue weighted by Crippen LogP contribution is -2.17. The van der Waals surface area contributed by atoms with Gasteiger partial charge < -0.3 is 14.2 Å². The Bertz CT molecular complexity index is 895. The van der Waals surface area contributed by atoms with E-state index in [0.717, 1.165) is 5.39 Å². The predicted octanol–water partition coefficient (Wildman–Crippen LogP) is 2.34. The van der Waals surface area contributed by atoms with Crippen LogP contribution in [0.4, 0.5) is 0 Å². The van der Waals surface area contributed by atoms with Crippen LogP contribution in [0.15, 0.2) is 36.7 Å². The van der Waals surface area contributed by atoms with E-state index < -0.39 is 5.97 Å². The summed E-state index contributed by atoms with van der Waals surface area (Å²) in [5, 5.41) is 10.4. The van der Waals surface area contributed by atoms with Gasteiger partial charge in [0, 0.05) is 29.9 Å². The molecule has 1 aromatic carbocycles. The van der Waals surface area contributed by atoms with Crippen molar-refractivity contribution in [3.05, 3.63) is 53.2 Å². The number of rotatable bonds is 4. The first kappa shape index (κ1) is 14.3. The number of carboxylic acids is 1. The zero-order valence-electron chi connectivity index (χ0n) is 11.7. The van der Waals surface area contributed by atoms with E-state index in [4.69, 9.17) is 16.7 Å². The number of hydrogen-bond acceptors (Lipinski definition) is 3. The SMILES string of the molecule is Cn1ccnc1C(=O)c1cc2ccc(Cl)cc2n1CC(=O)O. The first-order valence-electron chi connectivity index (χ1n) is 6.50. The van der Waals surface area contributed by atoms with Crippen molar-refractivity contribution in [1.82, 2.24) is 14.1 Å². The molecule has 0 spiro atoms. The largest absolute Gasteiger partial charge is 0.480 e. The number of fused-ring (bicyclic) bond motifs is 1. The maximum atomic E-state index is 12.7. The van der Waals surface area contributed by atoms with Crippen LogP contribution in [0.3, 0.4) is 0 Å². The van der Waals surface area contributed by atoms with Crippen molar-refractivity contribution in [2.45, 2.75) is 6.54 Å². The van der Waals surface area contributed by atoms with Crippen molar-refractivity contribution in [3.63, 3.8) is 0 Å². The fourth-order valence-corrected chi connectivity index (χ4v) is 2.59. The molecule has 3 rings (SSSR count). The minimum Gasteiger partial charge on any atom is -0.480 e. The summed E-state index contributed by atoms with van der Waals surface area (Å²) in [5.41, 5.74) is 0.876. The highest BCUT2D eigenvalue weighted by Gasteiger charge is 2.21. The highest BCUT2D eigenvalue weighted by Crippen LogP contribution is 2.25. The van der Waals surface area contributed by atoms with Crippen LogP contribution in [0.5, 0.6) is 0 Å². The topological polar surface area (TPSA) is 77.1 Å². The number of carbonyl (C=O) groups excluding carboxylic acids is 1. The Hall–Kier alpha value is -2.60. The Morgan fingerprint density at radius 1 is 1.32 bits per heavy atom. The smallest absolute Gasteiger partial charge is 0.323 e. The van der Waals surface area contributed by atoms with Crippen LogP contribution in [-0.4, -0.2) is 31.0 Å². The molecule has 0 amide bonds. The third-order valence-electron chi connectivity index (χ3n) is 3.42. The molecule has 0 unspecified atom stereocenters. The summed E-state index contributed by atoms with van der Waals surface area (Å²) in [6.45, 7) is -0.324. The van der Waals surface area contributed by atoms with Crippen LogP contribution in [0.25, 0.3) is 10.9 Å². The molecule has 6 nitrogen and oxygen atoms in total. The third-order valence-corrected chi connectivity index (χ3v) is 3.65. The Labute approximate surface area is 130 Å². The van der Waals surface area contributed by atoms with Gasteiger partial charge in [0.2, 0.25) is 5.78 Å². The van der Waals surface area contributed by atoms with Crippen molar-refractivity contribution < 1.29 is 14.7 Å². The number of hydrogen-bond donors (Lipinski definition) is 1. The molecule has 7 heteroatoms. The summed E-state index contributed by atoms with van der Waals surface area (Å²) >= 11 is 5.98. The predicted molar refractivity (Wildman–Crippen MR) is 81.2 cm³/mol. The number of aromatic nitrogens is 3. The summed E-state index contributed by atoms with van der Waals surface area (Å²) in [6, 6.07) is 6.76. The molecule has 0 saturated carbocycles. The molecule has 112 valence electrons. The lowest BCUT2D eigenvalue weighted by atomic mass is 10.2. The number of imidazole rings is 1. The minimum absolute atomic E-state index is 0.251. The van der Waals surface area contributed by atoms with Crippen LogP contribution < -0.4 is 0 Å². The van der Waals surface area contributed by atoms with Crippen molar-refractivity contribution >= 4 is 34.3 Å². The van der Waals surface area contributed by atoms with E-state index in [0.29, 0.717) is 10.5 Å². The molecule has 3 aromatic rings. The fourth-order valence-electron chi connectivity index (χ4n) is 2.42. The van der Waals surface area contributed by atoms with Crippen LogP contribution >= 0.6 is 11.6 Å². The fraction of sp³-hybridized carbons (Fsp3) is 0.133. The van der Waals surface area contributed by atoms with Crippen LogP contribution in [0.2, 0.25) is 5.02 Å². The van der Waals surface area contributed by atoms with Gasteiger partial charge in [-0.05, 0) is 18.2 Å². The average Bonchev–Trinajstić information content (AvgIpc) is 3.02. The van der Waals surface area contributed by atoms with Crippen molar-refractivity contribution in [3.8, 4) is 0 Å². The summed E-state index contributed by atoms with van der Waals surface area (Å²) in [4.78, 5) is 27.8. The Kier molecular flexibility index (Phi) is 3.46. The second-order valence-corrected chi connectivity index (χ2v) is 5.34. The highest BCUT2D eigenvalue weighted by atomic mass is 35.5. The molecule has 2 heterocycles. The van der Waals surface area contributed by atoms with Crippen molar-refractivity contribution in [2.75, 3.05) is 0 Å². The summed E-state index contributed by atoms with van der Waals surface area (Å²) in [7, 11) is 1.71. The zero-order chi connectivity index (χ0) is 15.9. The quantitative estimate of drug-likeness (QED) is 0.749. The number of aliphatic carboxylic acids is 1. The van der Waals surface area contributed by atoms with Gasteiger partial charge in [0.1, 0.15) is 6.54 Å². The standard InChI is InChI=1S/C15H12ClN3O3/c1-18-5-4-17-15(18)14(22)12-6-9-2-3-10(16)7-11(9)19(12)8-13(20)21/h2-7H,8H2,1H3,(H,20,21). The number of aryl methyl sites for hydroxylation is 1. The lowest BCUT2D eigenvalue weighted by molar-refractivity contribution is -0.137. The first-order valence-corrected chi connectivity index (χ1v) is 6.88. The van der Waals surface area contributed by atoms with E-state index in [1.165, 1.54) is 10.8 Å². The molecule has 22 heavy (non-hydrogen) atoms. The van der Waals surface area contributed by atoms with E-state index in [1.54, 1.807) is 42.1 Å². The zero-order valence-corrected chi connectivity index (χ0v) is 12.4. The summed E-state index contributed by atoms with van der Waals surface area (Å²) < 4.78 is 3.04. The summed E-state index contributed by atoms with van der Waals surface area (Å²) in [6.07, 6.45) is 3.18. The Morgan fingerprint density at radius 2 is 2.09 bits per heavy atom. The van der Waals surface area contributed by atoms with Gasteiger partial charge in [-0.25, -0.2) is 4.98 Å². The molecule has 0 fully saturated rings. The molecular formula is C15H12ClN3O3. The van der Waals surface area contributed by atoms with Gasteiger partial charge in [0.25, 0.3) is 0 Å². The molecule has 0 atom stereocenters. The molecule has 0 saturated heterocycles. The molecular weight excluding hydrogens is 306 g/mol. The first-order chi connectivity index (χ1) is 10.5. The molecule has 0 aliphatic rings. The number of carbonyl (C=O) groups is 2. The van der Waals surface area contributed by atoms with Gasteiger partial charge in [-0.15, -0.1) is 0 Å². The molecule has 0 aliphatic carbocycles. The van der Waals surface area contributed by atoms with Crippen molar-refractivity contribution in [1.29, 1.82) is 0 Å². The van der Waals surface area contributed by atoms with E-state index in [2.05, 4.69) is 4.98 Å². The van der Waals surface area contributed by atoms with Gasteiger partial charge in [-0.2, -0.15) is 0 Å². The summed E-state index contributed by atoms with van der Waals surface area (Å²) in [5.74, 6) is -1.12. The lowest BCUT2D eigenvalue weighted by Gasteiger charge is -2.07. The number of nitrogens with zero attached hydrogens (tertiary/aromatic N) is 3. The number of benzene rings is 1. The normalized spacial score (nSPS) is 11.0. The number of carboxylic acid groups (broad SMARTS) is 1. The van der Waals surface area contributed by atoms with E-state index in [1.807, 2.05) is 0 Å². The minimum atomic E-state index is -1.04. The molecule has 0 radical (unpaired) electrons. The van der Waals surface area contributed by atoms with Crippen LogP contribution in [0.1, 0.15) is 16.3 Å². The third kappa shape index (κ3) is 2.37. The molecule has 1 N–H and O–H groups in total. The number of ketones is 1. The van der Waals surface area contributed by atoms with E-state index in [-0.39, 0.29) is 23.8 Å². The van der Waals surface area contributed by atoms with Gasteiger partial charge >= 0.3 is 5.97 Å². The highest BCUT2D eigenvalue weighted by molar-refractivity contribution is 6.31. The molecule has 2 aromatic heterocycles. The van der Waals surface area contributed by atoms with Crippen molar-refractivity contribution in [2.24, 2.45) is 7.05 Å². The second-order valence-electron chi connectivity index (χ2n) is 4.90. The van der Waals surface area contributed by atoms with E-state index >= 15 is 0 Å². The van der Waals surface area contributed by atoms with Gasteiger partial charge in [0.05, 0.1) is 11.2 Å². The second kappa shape index (κ2) is 5.31. The molecule has 0 aliphatic heterocycles. The maximum Gasteiger partial charge on any atom is 0.323 e. The maximum absolute atomic E-state index is 12.7. The van der Waals surface area contributed by atoms with E-state index in [9.17, 15) is 9.59 Å². The van der Waals surface area contributed by atoms with Gasteiger partial charge in [-0.1, -0.05) is 17.7 Å². The van der Waals surface area contributed by atoms with Crippen LogP contribution in [-0.2, 0) is 18.4 Å². The monoisotopic (exact) mass is 317 g/mol. The number of halogens is 1. The van der Waals surface area contributed by atoms with Crippen LogP contribution in [0, 0.1) is 0 Å². The Balaban J connectivity index is 2.22. The Morgan fingerprint density at radius 3 is 2.73 bits per heavy atom.